The third kappa shape index (κ3) is 4.15. The van der Waals surface area contributed by atoms with Crippen molar-refractivity contribution in [3.8, 4) is 5.75 Å². The largest absolute Gasteiger partial charge is 0.425 e. The van der Waals surface area contributed by atoms with Crippen molar-refractivity contribution < 1.29 is 17.9 Å². The Morgan fingerprint density at radius 2 is 1.69 bits per heavy atom. The summed E-state index contributed by atoms with van der Waals surface area (Å²) in [6, 6.07) is 19.5. The second kappa shape index (κ2) is 8.43. The van der Waals surface area contributed by atoms with E-state index in [4.69, 9.17) is 4.74 Å². The first-order chi connectivity index (χ1) is 15.2. The fourth-order valence-corrected chi connectivity index (χ4v) is 5.28. The Morgan fingerprint density at radius 1 is 1.03 bits per heavy atom. The Bertz CT molecular complexity index is 1420. The molecule has 0 N–H and O–H groups in total. The number of carbonyl (C=O) groups excluding carboxylic acids is 1. The van der Waals surface area contributed by atoms with Crippen LogP contribution in [0, 0.1) is 12.8 Å². The van der Waals surface area contributed by atoms with Crippen LogP contribution in [0.5, 0.6) is 5.75 Å². The maximum atomic E-state index is 13.1. The molecule has 166 valence electrons. The molecule has 0 fully saturated rings. The average Bonchev–Trinajstić information content (AvgIpc) is 3.02. The average molecular weight is 450 g/mol. The zero-order valence-corrected chi connectivity index (χ0v) is 19.6. The van der Waals surface area contributed by atoms with Gasteiger partial charge in [0.2, 0.25) is 0 Å². The van der Waals surface area contributed by atoms with Crippen LogP contribution in [-0.4, -0.2) is 25.2 Å². The van der Waals surface area contributed by atoms with Crippen LogP contribution in [0.2, 0.25) is 0 Å². The molecule has 3 aromatic carbocycles. The van der Waals surface area contributed by atoms with Crippen LogP contribution < -0.4 is 4.74 Å². The van der Waals surface area contributed by atoms with Crippen molar-refractivity contribution in [3.05, 3.63) is 71.8 Å². The Morgan fingerprint density at radius 3 is 2.34 bits per heavy atom. The molecule has 0 radical (unpaired) electrons. The van der Waals surface area contributed by atoms with Gasteiger partial charge in [-0.3, -0.25) is 4.79 Å². The van der Waals surface area contributed by atoms with E-state index >= 15 is 0 Å². The topological polar surface area (TPSA) is 65.4 Å². The zero-order valence-electron chi connectivity index (χ0n) is 18.8. The molecule has 1 heterocycles. The van der Waals surface area contributed by atoms with Gasteiger partial charge in [-0.1, -0.05) is 62.4 Å². The van der Waals surface area contributed by atoms with Crippen molar-refractivity contribution >= 4 is 37.6 Å². The van der Waals surface area contributed by atoms with E-state index in [-0.39, 0.29) is 23.0 Å². The summed E-state index contributed by atoms with van der Waals surface area (Å²) in [5.41, 5.74) is 3.42. The molecule has 0 atom stereocenters. The normalized spacial score (nSPS) is 12.0. The number of nitrogens with zero attached hydrogens (tertiary/aromatic N) is 1. The van der Waals surface area contributed by atoms with Crippen LogP contribution in [0.1, 0.15) is 31.4 Å². The number of hydrogen-bond donors (Lipinski definition) is 0. The highest BCUT2D eigenvalue weighted by molar-refractivity contribution is 7.91. The van der Waals surface area contributed by atoms with E-state index in [1.807, 2.05) is 79.9 Å². The van der Waals surface area contributed by atoms with Crippen LogP contribution in [0.25, 0.3) is 21.8 Å². The van der Waals surface area contributed by atoms with Gasteiger partial charge in [-0.05, 0) is 36.1 Å². The second-order valence-electron chi connectivity index (χ2n) is 8.68. The predicted molar refractivity (Wildman–Crippen MR) is 128 cm³/mol. The maximum absolute atomic E-state index is 13.1. The molecule has 0 amide bonds. The fraction of sp³-hybridized carbons (Fsp3) is 0.269. The molecule has 4 rings (SSSR count). The first kappa shape index (κ1) is 22.1. The third-order valence-electron chi connectivity index (χ3n) is 5.50. The van der Waals surface area contributed by atoms with Crippen molar-refractivity contribution in [3.63, 3.8) is 0 Å². The first-order valence-electron chi connectivity index (χ1n) is 10.7. The smallest absolute Gasteiger partial charge is 0.311 e. The summed E-state index contributed by atoms with van der Waals surface area (Å²) in [6.45, 7) is 6.26. The number of para-hydroxylation sites is 1. The Labute approximate surface area is 188 Å². The Hall–Kier alpha value is -3.12. The fourth-order valence-electron chi connectivity index (χ4n) is 4.25. The number of sulfone groups is 1. The molecular weight excluding hydrogens is 422 g/mol. The monoisotopic (exact) mass is 449 g/mol. The summed E-state index contributed by atoms with van der Waals surface area (Å²) in [5.74, 6) is -0.229. The maximum Gasteiger partial charge on any atom is 0.311 e. The number of esters is 1. The molecule has 4 aromatic rings. The summed E-state index contributed by atoms with van der Waals surface area (Å²) in [6.07, 6.45) is 1.38. The molecule has 0 unspecified atom stereocenters. The summed E-state index contributed by atoms with van der Waals surface area (Å²) < 4.78 is 33.8. The van der Waals surface area contributed by atoms with Crippen LogP contribution in [-0.2, 0) is 21.2 Å². The second-order valence-corrected chi connectivity index (χ2v) is 10.6. The molecule has 0 bridgehead atoms. The molecule has 0 spiro atoms. The van der Waals surface area contributed by atoms with E-state index in [0.29, 0.717) is 12.1 Å². The molecule has 0 saturated carbocycles. The summed E-state index contributed by atoms with van der Waals surface area (Å²) in [7, 11) is -3.71. The number of aryl methyl sites for hydroxylation is 1. The molecule has 0 aliphatic heterocycles. The SMILES string of the molecule is Cc1cc(OC(=O)CC(C)C)c(S(C)(=O)=O)c2c1c1ccccc1n2Cc1ccccc1. The van der Waals surface area contributed by atoms with E-state index in [0.717, 1.165) is 27.4 Å². The molecule has 6 heteroatoms. The lowest BCUT2D eigenvalue weighted by Gasteiger charge is -2.16. The Kier molecular flexibility index (Phi) is 5.82. The van der Waals surface area contributed by atoms with Gasteiger partial charge >= 0.3 is 5.97 Å². The van der Waals surface area contributed by atoms with Crippen LogP contribution in [0.4, 0.5) is 0 Å². The van der Waals surface area contributed by atoms with Gasteiger partial charge in [0, 0.05) is 35.5 Å². The van der Waals surface area contributed by atoms with Crippen LogP contribution in [0.3, 0.4) is 0 Å². The highest BCUT2D eigenvalue weighted by Gasteiger charge is 2.27. The quantitative estimate of drug-likeness (QED) is 0.288. The van der Waals surface area contributed by atoms with Gasteiger partial charge in [-0.25, -0.2) is 8.42 Å². The molecule has 32 heavy (non-hydrogen) atoms. The number of aromatic nitrogens is 1. The standard InChI is InChI=1S/C26H27NO4S/c1-17(2)14-23(28)31-22-15-18(3)24-20-12-8-9-13-21(20)27(16-19-10-6-5-7-11-19)25(24)26(22)32(4,29)30/h5-13,15,17H,14,16H2,1-4H3. The number of ether oxygens (including phenoxy) is 1. The molecule has 5 nitrogen and oxygen atoms in total. The highest BCUT2D eigenvalue weighted by Crippen LogP contribution is 2.41. The lowest BCUT2D eigenvalue weighted by atomic mass is 10.1. The van der Waals surface area contributed by atoms with Crippen molar-refractivity contribution in [2.24, 2.45) is 5.92 Å². The zero-order chi connectivity index (χ0) is 23.0. The van der Waals surface area contributed by atoms with E-state index in [2.05, 4.69) is 0 Å². The third-order valence-corrected chi connectivity index (χ3v) is 6.64. The Balaban J connectivity index is 2.07. The van der Waals surface area contributed by atoms with Crippen molar-refractivity contribution in [1.29, 1.82) is 0 Å². The molecule has 1 aromatic heterocycles. The van der Waals surface area contributed by atoms with E-state index in [9.17, 15) is 13.2 Å². The van der Waals surface area contributed by atoms with Gasteiger partial charge in [-0.15, -0.1) is 0 Å². The molecule has 0 aliphatic rings. The van der Waals surface area contributed by atoms with Gasteiger partial charge in [0.05, 0.1) is 5.52 Å². The van der Waals surface area contributed by atoms with Crippen molar-refractivity contribution in [2.75, 3.05) is 6.26 Å². The van der Waals surface area contributed by atoms with Crippen LogP contribution in [0.15, 0.2) is 65.6 Å². The minimum atomic E-state index is -3.71. The number of benzene rings is 3. The summed E-state index contributed by atoms with van der Waals surface area (Å²) in [5, 5.41) is 1.83. The minimum absolute atomic E-state index is 0.0577. The lowest BCUT2D eigenvalue weighted by Crippen LogP contribution is -2.14. The lowest BCUT2D eigenvalue weighted by molar-refractivity contribution is -0.135. The van der Waals surface area contributed by atoms with Crippen molar-refractivity contribution in [2.45, 2.75) is 38.6 Å². The summed E-state index contributed by atoms with van der Waals surface area (Å²) in [4.78, 5) is 12.5. The number of rotatable bonds is 6. The first-order valence-corrected chi connectivity index (χ1v) is 12.5. The van der Waals surface area contributed by atoms with Gasteiger partial charge in [0.15, 0.2) is 15.6 Å². The molecule has 0 aliphatic carbocycles. The number of hydrogen-bond acceptors (Lipinski definition) is 4. The summed E-state index contributed by atoms with van der Waals surface area (Å²) >= 11 is 0. The highest BCUT2D eigenvalue weighted by atomic mass is 32.2. The minimum Gasteiger partial charge on any atom is -0.425 e. The molecular formula is C26H27NO4S. The van der Waals surface area contributed by atoms with Gasteiger partial charge < -0.3 is 9.30 Å². The van der Waals surface area contributed by atoms with Gasteiger partial charge in [-0.2, -0.15) is 0 Å². The van der Waals surface area contributed by atoms with Gasteiger partial charge in [0.25, 0.3) is 0 Å². The molecule has 0 saturated heterocycles. The van der Waals surface area contributed by atoms with E-state index in [1.165, 1.54) is 6.26 Å². The number of fused-ring (bicyclic) bond motifs is 3. The predicted octanol–water partition coefficient (Wildman–Crippen LogP) is 5.51. The number of carbonyl (C=O) groups is 1. The van der Waals surface area contributed by atoms with Crippen LogP contribution >= 0.6 is 0 Å². The van der Waals surface area contributed by atoms with E-state index in [1.54, 1.807) is 6.07 Å². The van der Waals surface area contributed by atoms with Gasteiger partial charge in [0.1, 0.15) is 4.90 Å². The van der Waals surface area contributed by atoms with E-state index < -0.39 is 15.8 Å². The van der Waals surface area contributed by atoms with Crippen molar-refractivity contribution in [1.82, 2.24) is 4.57 Å².